The summed E-state index contributed by atoms with van der Waals surface area (Å²) in [7, 11) is 0. The first-order valence-electron chi connectivity index (χ1n) is 9.33. The zero-order valence-electron chi connectivity index (χ0n) is 15.8. The second kappa shape index (κ2) is 7.34. The fraction of sp³-hybridized carbons (Fsp3) is 0.174. The van der Waals surface area contributed by atoms with Gasteiger partial charge in [-0.3, -0.25) is 9.69 Å². The number of thiophene rings is 1. The van der Waals surface area contributed by atoms with E-state index in [1.165, 1.54) is 4.88 Å². The van der Waals surface area contributed by atoms with Gasteiger partial charge in [0.15, 0.2) is 0 Å². The van der Waals surface area contributed by atoms with Gasteiger partial charge < -0.3 is 9.15 Å². The van der Waals surface area contributed by atoms with Gasteiger partial charge >= 0.3 is 0 Å². The van der Waals surface area contributed by atoms with Gasteiger partial charge in [0.1, 0.15) is 23.8 Å². The molecule has 6 heteroatoms. The minimum atomic E-state index is -0.0377. The van der Waals surface area contributed by atoms with Crippen LogP contribution in [0, 0.1) is 6.92 Å². The van der Waals surface area contributed by atoms with E-state index in [0.29, 0.717) is 40.6 Å². The molecule has 0 N–H and O–H groups in total. The normalized spacial score (nSPS) is 14.0. The molecule has 2 aromatic carbocycles. The molecule has 0 spiro atoms. The van der Waals surface area contributed by atoms with E-state index in [9.17, 15) is 4.79 Å². The Labute approximate surface area is 176 Å². The zero-order valence-corrected chi connectivity index (χ0v) is 17.3. The van der Waals surface area contributed by atoms with Gasteiger partial charge in [-0.2, -0.15) is 0 Å². The van der Waals surface area contributed by atoms with E-state index in [1.54, 1.807) is 29.5 Å². The van der Waals surface area contributed by atoms with E-state index in [-0.39, 0.29) is 5.43 Å². The van der Waals surface area contributed by atoms with Crippen molar-refractivity contribution in [2.75, 3.05) is 6.73 Å². The number of aryl methyl sites for hydroxylation is 1. The maximum atomic E-state index is 13.3. The Hall–Kier alpha value is -2.60. The molecular weight excluding hydrogens is 406 g/mol. The number of ether oxygens (including phenoxy) is 1. The van der Waals surface area contributed by atoms with Crippen LogP contribution in [0.1, 0.15) is 16.2 Å². The fourth-order valence-corrected chi connectivity index (χ4v) is 4.67. The van der Waals surface area contributed by atoms with E-state index < -0.39 is 0 Å². The number of benzene rings is 2. The molecule has 4 aromatic rings. The number of halogens is 1. The summed E-state index contributed by atoms with van der Waals surface area (Å²) < 4.78 is 12.2. The predicted molar refractivity (Wildman–Crippen MR) is 117 cm³/mol. The molecule has 1 aliphatic rings. The van der Waals surface area contributed by atoms with Crippen molar-refractivity contribution in [3.63, 3.8) is 0 Å². The number of fused-ring (bicyclic) bond motifs is 3. The lowest BCUT2D eigenvalue weighted by Crippen LogP contribution is -2.31. The molecule has 4 nitrogen and oxygen atoms in total. The Morgan fingerprint density at radius 3 is 2.72 bits per heavy atom. The molecule has 0 saturated carbocycles. The van der Waals surface area contributed by atoms with Crippen molar-refractivity contribution in [1.82, 2.24) is 4.90 Å². The molecule has 3 heterocycles. The second-order valence-corrected chi connectivity index (χ2v) is 8.60. The molecule has 1 aliphatic heterocycles. The minimum Gasteiger partial charge on any atom is -0.478 e. The number of nitrogens with zero attached hydrogens (tertiary/aromatic N) is 1. The van der Waals surface area contributed by atoms with Crippen LogP contribution in [0.2, 0.25) is 5.02 Å². The highest BCUT2D eigenvalue weighted by Gasteiger charge is 2.24. The van der Waals surface area contributed by atoms with Crippen molar-refractivity contribution in [2.24, 2.45) is 0 Å². The van der Waals surface area contributed by atoms with Crippen molar-refractivity contribution < 1.29 is 9.15 Å². The second-order valence-electron chi connectivity index (χ2n) is 7.13. The van der Waals surface area contributed by atoms with E-state index in [1.807, 2.05) is 25.1 Å². The van der Waals surface area contributed by atoms with Crippen molar-refractivity contribution in [1.29, 1.82) is 0 Å². The molecule has 0 saturated heterocycles. The fourth-order valence-electron chi connectivity index (χ4n) is 3.79. The molecule has 0 fully saturated rings. The molecular formula is C23H18ClNO3S. The SMILES string of the molecule is Cc1oc2c3c(ccc2c(=O)c1-c1ccc(Cl)cc1)OCN(Cc1cccs1)C3. The lowest BCUT2D eigenvalue weighted by Gasteiger charge is -2.29. The van der Waals surface area contributed by atoms with Gasteiger partial charge in [-0.1, -0.05) is 29.8 Å². The summed E-state index contributed by atoms with van der Waals surface area (Å²) >= 11 is 7.73. The van der Waals surface area contributed by atoms with Crippen molar-refractivity contribution in [3.05, 3.63) is 85.4 Å². The molecule has 29 heavy (non-hydrogen) atoms. The van der Waals surface area contributed by atoms with Crippen molar-refractivity contribution >= 4 is 33.9 Å². The number of hydrogen-bond acceptors (Lipinski definition) is 5. The van der Waals surface area contributed by atoms with Crippen LogP contribution in [0.25, 0.3) is 22.1 Å². The van der Waals surface area contributed by atoms with Crippen LogP contribution in [-0.2, 0) is 13.1 Å². The third-order valence-corrected chi connectivity index (χ3v) is 6.29. The Morgan fingerprint density at radius 1 is 1.14 bits per heavy atom. The Kier molecular flexibility index (Phi) is 4.66. The summed E-state index contributed by atoms with van der Waals surface area (Å²) in [4.78, 5) is 16.8. The number of rotatable bonds is 3. The first-order valence-corrected chi connectivity index (χ1v) is 10.6. The van der Waals surface area contributed by atoms with Gasteiger partial charge in [0.05, 0.1) is 16.5 Å². The van der Waals surface area contributed by atoms with E-state index in [4.69, 9.17) is 20.8 Å². The Morgan fingerprint density at radius 2 is 1.97 bits per heavy atom. The summed E-state index contributed by atoms with van der Waals surface area (Å²) in [5.74, 6) is 1.37. The summed E-state index contributed by atoms with van der Waals surface area (Å²) in [6, 6.07) is 15.1. The first kappa shape index (κ1) is 18.4. The van der Waals surface area contributed by atoms with Crippen LogP contribution < -0.4 is 10.2 Å². The molecule has 0 unspecified atom stereocenters. The highest BCUT2D eigenvalue weighted by atomic mass is 35.5. The monoisotopic (exact) mass is 423 g/mol. The molecule has 0 atom stereocenters. The van der Waals surface area contributed by atoms with Gasteiger partial charge in [0.25, 0.3) is 0 Å². The zero-order chi connectivity index (χ0) is 20.0. The lowest BCUT2D eigenvalue weighted by atomic mass is 10.0. The van der Waals surface area contributed by atoms with Gasteiger partial charge in [0.2, 0.25) is 5.43 Å². The molecule has 0 aliphatic carbocycles. The van der Waals surface area contributed by atoms with Crippen LogP contribution >= 0.6 is 22.9 Å². The predicted octanol–water partition coefficient (Wildman–Crippen LogP) is 5.84. The summed E-state index contributed by atoms with van der Waals surface area (Å²) in [5.41, 5.74) is 2.87. The summed E-state index contributed by atoms with van der Waals surface area (Å²) in [6.07, 6.45) is 0. The largest absolute Gasteiger partial charge is 0.478 e. The Bertz CT molecular complexity index is 1250. The molecule has 146 valence electrons. The van der Waals surface area contributed by atoms with Crippen LogP contribution in [0.3, 0.4) is 0 Å². The first-order chi connectivity index (χ1) is 14.1. The molecule has 2 aromatic heterocycles. The highest BCUT2D eigenvalue weighted by Crippen LogP contribution is 2.34. The van der Waals surface area contributed by atoms with Crippen LogP contribution in [0.15, 0.2) is 63.1 Å². The summed E-state index contributed by atoms with van der Waals surface area (Å²) in [6.45, 7) is 3.83. The van der Waals surface area contributed by atoms with Crippen LogP contribution in [0.4, 0.5) is 0 Å². The third kappa shape index (κ3) is 3.35. The van der Waals surface area contributed by atoms with Crippen molar-refractivity contribution in [3.8, 4) is 16.9 Å². The van der Waals surface area contributed by atoms with Crippen LogP contribution in [0.5, 0.6) is 5.75 Å². The third-order valence-electron chi connectivity index (χ3n) is 5.17. The molecule has 0 bridgehead atoms. The smallest absolute Gasteiger partial charge is 0.200 e. The van der Waals surface area contributed by atoms with Crippen LogP contribution in [-0.4, -0.2) is 11.6 Å². The quantitative estimate of drug-likeness (QED) is 0.415. The van der Waals surface area contributed by atoms with Gasteiger partial charge in [0, 0.05) is 23.0 Å². The minimum absolute atomic E-state index is 0.0377. The molecule has 5 rings (SSSR count). The van der Waals surface area contributed by atoms with Gasteiger partial charge in [-0.25, -0.2) is 0 Å². The van der Waals surface area contributed by atoms with Gasteiger partial charge in [-0.15, -0.1) is 11.3 Å². The highest BCUT2D eigenvalue weighted by molar-refractivity contribution is 7.09. The Balaban J connectivity index is 1.60. The van der Waals surface area contributed by atoms with E-state index >= 15 is 0 Å². The topological polar surface area (TPSA) is 42.7 Å². The average Bonchev–Trinajstić information content (AvgIpc) is 3.22. The average molecular weight is 424 g/mol. The maximum absolute atomic E-state index is 13.3. The lowest BCUT2D eigenvalue weighted by molar-refractivity contribution is 0.0899. The standard InChI is InChI=1S/C23H18ClNO3S/c1-14-21(15-4-6-16(24)7-5-15)22(26)18-8-9-20-19(23(18)28-14)12-25(13-27-20)11-17-3-2-10-29-17/h2-10H,11-13H2,1H3. The van der Waals surface area contributed by atoms with E-state index in [2.05, 4.69) is 22.4 Å². The van der Waals surface area contributed by atoms with E-state index in [0.717, 1.165) is 23.4 Å². The molecule has 0 radical (unpaired) electrons. The molecule has 0 amide bonds. The van der Waals surface area contributed by atoms with Gasteiger partial charge in [-0.05, 0) is 48.2 Å². The number of hydrogen-bond donors (Lipinski definition) is 0. The maximum Gasteiger partial charge on any atom is 0.200 e. The summed E-state index contributed by atoms with van der Waals surface area (Å²) in [5, 5.41) is 3.28. The van der Waals surface area contributed by atoms with Crippen molar-refractivity contribution in [2.45, 2.75) is 20.0 Å².